The maximum absolute atomic E-state index is 12.8. The predicted molar refractivity (Wildman–Crippen MR) is 93.9 cm³/mol. The maximum Gasteiger partial charge on any atom is 0.416 e. The van der Waals surface area contributed by atoms with Crippen molar-refractivity contribution >= 4 is 17.2 Å². The lowest BCUT2D eigenvalue weighted by molar-refractivity contribution is -0.137. The first-order valence-corrected chi connectivity index (χ1v) is 8.45. The molecule has 7 heteroatoms. The fraction of sp³-hybridized carbons (Fsp3) is 0.222. The number of halogens is 3. The van der Waals surface area contributed by atoms with Crippen LogP contribution in [0.1, 0.15) is 16.1 Å². The summed E-state index contributed by atoms with van der Waals surface area (Å²) >= 11 is 1.44. The van der Waals surface area contributed by atoms with Crippen molar-refractivity contribution < 1.29 is 13.2 Å². The van der Waals surface area contributed by atoms with Crippen LogP contribution in [0.5, 0.6) is 0 Å². The molecule has 0 fully saturated rings. The van der Waals surface area contributed by atoms with Crippen molar-refractivity contribution in [1.82, 2.24) is 9.97 Å². The van der Waals surface area contributed by atoms with Gasteiger partial charge in [-0.2, -0.15) is 13.2 Å². The van der Waals surface area contributed by atoms with Crippen LogP contribution >= 0.6 is 11.3 Å². The molecule has 0 N–H and O–H groups in total. The average Bonchev–Trinajstić information content (AvgIpc) is 3.03. The van der Waals surface area contributed by atoms with E-state index in [1.807, 2.05) is 36.5 Å². The number of rotatable bonds is 4. The number of alkyl halides is 3. The Balaban J connectivity index is 1.82. The van der Waals surface area contributed by atoms with Gasteiger partial charge in [0.15, 0.2) is 0 Å². The molecule has 3 nitrogen and oxygen atoms in total. The molecule has 0 unspecified atom stereocenters. The minimum absolute atomic E-state index is 0.375. The molecule has 0 saturated heterocycles. The van der Waals surface area contributed by atoms with Gasteiger partial charge in [-0.05, 0) is 23.8 Å². The third-order valence-corrected chi connectivity index (χ3v) is 4.51. The van der Waals surface area contributed by atoms with Crippen LogP contribution in [0.2, 0.25) is 0 Å². The molecule has 2 heterocycles. The Bertz CT molecular complexity index is 872. The van der Waals surface area contributed by atoms with Gasteiger partial charge >= 0.3 is 6.18 Å². The number of aromatic nitrogens is 2. The first kappa shape index (κ1) is 17.4. The van der Waals surface area contributed by atoms with Crippen molar-refractivity contribution in [3.63, 3.8) is 0 Å². The van der Waals surface area contributed by atoms with Gasteiger partial charge in [-0.15, -0.1) is 11.3 Å². The molecule has 1 aromatic carbocycles. The van der Waals surface area contributed by atoms with Gasteiger partial charge in [-0.1, -0.05) is 18.2 Å². The van der Waals surface area contributed by atoms with E-state index in [0.29, 0.717) is 12.0 Å². The zero-order chi connectivity index (χ0) is 18.0. The topological polar surface area (TPSA) is 29.0 Å². The molecule has 0 aliphatic carbocycles. The molecule has 2 aromatic heterocycles. The summed E-state index contributed by atoms with van der Waals surface area (Å²) in [5.41, 5.74) is 1.70. The van der Waals surface area contributed by atoms with Crippen molar-refractivity contribution in [1.29, 1.82) is 0 Å². The molecule has 0 atom stereocenters. The first-order valence-electron chi connectivity index (χ1n) is 7.57. The second-order valence-corrected chi connectivity index (χ2v) is 6.74. The summed E-state index contributed by atoms with van der Waals surface area (Å²) < 4.78 is 38.4. The highest BCUT2D eigenvalue weighted by atomic mass is 32.1. The van der Waals surface area contributed by atoms with Crippen molar-refractivity contribution in [3.8, 4) is 11.3 Å². The van der Waals surface area contributed by atoms with Crippen LogP contribution in [0.3, 0.4) is 0 Å². The monoisotopic (exact) mass is 363 g/mol. The van der Waals surface area contributed by atoms with E-state index >= 15 is 0 Å². The number of benzene rings is 1. The quantitative estimate of drug-likeness (QED) is 0.661. The summed E-state index contributed by atoms with van der Waals surface area (Å²) in [5.74, 6) is 0.824. The summed E-state index contributed by atoms with van der Waals surface area (Å²) in [7, 11) is 3.82. The molecule has 25 heavy (non-hydrogen) atoms. The molecule has 0 spiro atoms. The Labute approximate surface area is 147 Å². The summed E-state index contributed by atoms with van der Waals surface area (Å²) in [6.07, 6.45) is -2.24. The van der Waals surface area contributed by atoms with Gasteiger partial charge in [-0.3, -0.25) is 0 Å². The van der Waals surface area contributed by atoms with Crippen LogP contribution in [0.25, 0.3) is 11.3 Å². The standard InChI is InChI=1S/C18H16F3N3S/c1-24(2)16-10-13(6-7-22-16)15-11-25-17(23-15)9-12-4-3-5-14(8-12)18(19,20)21/h3-8,10-11H,9H2,1-2H3. The lowest BCUT2D eigenvalue weighted by atomic mass is 10.1. The highest BCUT2D eigenvalue weighted by Crippen LogP contribution is 2.30. The van der Waals surface area contributed by atoms with Crippen molar-refractivity contribution in [2.45, 2.75) is 12.6 Å². The Morgan fingerprint density at radius 2 is 1.92 bits per heavy atom. The third-order valence-electron chi connectivity index (χ3n) is 3.66. The molecule has 0 amide bonds. The number of nitrogens with zero attached hydrogens (tertiary/aromatic N) is 3. The Morgan fingerprint density at radius 3 is 2.64 bits per heavy atom. The van der Waals surface area contributed by atoms with Crippen LogP contribution in [0.15, 0.2) is 48.0 Å². The molecule has 0 bridgehead atoms. The van der Waals surface area contributed by atoms with E-state index in [2.05, 4.69) is 9.97 Å². The van der Waals surface area contributed by atoms with E-state index in [1.165, 1.54) is 23.5 Å². The minimum atomic E-state index is -4.33. The number of pyridine rings is 1. The summed E-state index contributed by atoms with van der Waals surface area (Å²) in [4.78, 5) is 10.7. The second-order valence-electron chi connectivity index (χ2n) is 5.80. The fourth-order valence-electron chi connectivity index (χ4n) is 2.38. The van der Waals surface area contributed by atoms with Gasteiger partial charge in [0.2, 0.25) is 0 Å². The number of hydrogen-bond acceptors (Lipinski definition) is 4. The minimum Gasteiger partial charge on any atom is -0.363 e. The SMILES string of the molecule is CN(C)c1cc(-c2csc(Cc3cccc(C(F)(F)F)c3)n2)ccn1. The van der Waals surface area contributed by atoms with Gasteiger partial charge in [0.1, 0.15) is 5.82 Å². The highest BCUT2D eigenvalue weighted by molar-refractivity contribution is 7.10. The maximum atomic E-state index is 12.8. The molecule has 130 valence electrons. The van der Waals surface area contributed by atoms with Crippen LogP contribution in [-0.2, 0) is 12.6 Å². The van der Waals surface area contributed by atoms with Gasteiger partial charge in [0.25, 0.3) is 0 Å². The Hall–Kier alpha value is -2.41. The number of anilines is 1. The summed E-state index contributed by atoms with van der Waals surface area (Å²) in [6.45, 7) is 0. The number of thiazole rings is 1. The summed E-state index contributed by atoms with van der Waals surface area (Å²) in [5, 5.41) is 2.69. The van der Waals surface area contributed by atoms with E-state index in [1.54, 1.807) is 12.3 Å². The van der Waals surface area contributed by atoms with E-state index < -0.39 is 11.7 Å². The van der Waals surface area contributed by atoms with Crippen LogP contribution in [0.4, 0.5) is 19.0 Å². The van der Waals surface area contributed by atoms with Gasteiger partial charge in [0, 0.05) is 37.7 Å². The molecule has 0 saturated carbocycles. The molecular formula is C18H16F3N3S. The lowest BCUT2D eigenvalue weighted by Gasteiger charge is -2.11. The van der Waals surface area contributed by atoms with Crippen molar-refractivity contribution in [3.05, 3.63) is 64.1 Å². The molecule has 3 rings (SSSR count). The van der Waals surface area contributed by atoms with Gasteiger partial charge in [0.05, 0.1) is 16.3 Å². The molecule has 3 aromatic rings. The van der Waals surface area contributed by atoms with E-state index in [4.69, 9.17) is 0 Å². The van der Waals surface area contributed by atoms with Crippen LogP contribution in [0, 0.1) is 0 Å². The summed E-state index contributed by atoms with van der Waals surface area (Å²) in [6, 6.07) is 9.18. The predicted octanol–water partition coefficient (Wildman–Crippen LogP) is 4.88. The number of hydrogen-bond donors (Lipinski definition) is 0. The smallest absolute Gasteiger partial charge is 0.363 e. The van der Waals surface area contributed by atoms with Crippen LogP contribution < -0.4 is 4.90 Å². The molecule has 0 aliphatic heterocycles. The van der Waals surface area contributed by atoms with Crippen molar-refractivity contribution in [2.75, 3.05) is 19.0 Å². The molecular weight excluding hydrogens is 347 g/mol. The zero-order valence-corrected chi connectivity index (χ0v) is 14.5. The van der Waals surface area contributed by atoms with Crippen LogP contribution in [-0.4, -0.2) is 24.1 Å². The van der Waals surface area contributed by atoms with Crippen molar-refractivity contribution in [2.24, 2.45) is 0 Å². The average molecular weight is 363 g/mol. The highest BCUT2D eigenvalue weighted by Gasteiger charge is 2.30. The van der Waals surface area contributed by atoms with E-state index in [-0.39, 0.29) is 0 Å². The Kier molecular flexibility index (Phi) is 4.76. The van der Waals surface area contributed by atoms with Gasteiger partial charge in [-0.25, -0.2) is 9.97 Å². The third kappa shape index (κ3) is 4.17. The lowest BCUT2D eigenvalue weighted by Crippen LogP contribution is -2.10. The molecule has 0 aliphatic rings. The van der Waals surface area contributed by atoms with Gasteiger partial charge < -0.3 is 4.90 Å². The zero-order valence-electron chi connectivity index (χ0n) is 13.7. The fourth-order valence-corrected chi connectivity index (χ4v) is 3.22. The first-order chi connectivity index (χ1) is 11.8. The van der Waals surface area contributed by atoms with E-state index in [9.17, 15) is 13.2 Å². The largest absolute Gasteiger partial charge is 0.416 e. The second kappa shape index (κ2) is 6.84. The Morgan fingerprint density at radius 1 is 1.12 bits per heavy atom. The normalized spacial score (nSPS) is 11.6. The van der Waals surface area contributed by atoms with E-state index in [0.717, 1.165) is 28.1 Å². The molecule has 0 radical (unpaired) electrons.